The predicted molar refractivity (Wildman–Crippen MR) is 100 cm³/mol. The first-order chi connectivity index (χ1) is 12.5. The lowest BCUT2D eigenvalue weighted by molar-refractivity contribution is -0.145. The highest BCUT2D eigenvalue weighted by Gasteiger charge is 2.30. The number of benzene rings is 1. The Morgan fingerprint density at radius 3 is 2.54 bits per heavy atom. The van der Waals surface area contributed by atoms with Crippen LogP contribution in [0.5, 0.6) is 0 Å². The van der Waals surface area contributed by atoms with Crippen molar-refractivity contribution in [1.82, 2.24) is 4.98 Å². The number of pyridine rings is 1. The number of carbonyl (C=O) groups excluding carboxylic acids is 2. The number of aromatic nitrogens is 1. The molecular weight excluding hydrogens is 330 g/mol. The molecule has 136 valence electrons. The summed E-state index contributed by atoms with van der Waals surface area (Å²) in [4.78, 5) is 28.2. The van der Waals surface area contributed by atoms with Gasteiger partial charge in [-0.3, -0.25) is 9.59 Å². The van der Waals surface area contributed by atoms with Crippen LogP contribution in [0.25, 0.3) is 0 Å². The molecule has 1 fully saturated rings. The van der Waals surface area contributed by atoms with E-state index in [2.05, 4.69) is 15.6 Å². The van der Waals surface area contributed by atoms with Crippen molar-refractivity contribution in [3.8, 4) is 0 Å². The number of ether oxygens (including phenoxy) is 1. The summed E-state index contributed by atoms with van der Waals surface area (Å²) in [6, 6.07) is 11.4. The summed E-state index contributed by atoms with van der Waals surface area (Å²) in [5, 5.41) is 6.17. The second-order valence-corrected chi connectivity index (χ2v) is 6.63. The number of nitrogens with zero attached hydrogens (tertiary/aromatic N) is 1. The van der Waals surface area contributed by atoms with E-state index < -0.39 is 0 Å². The van der Waals surface area contributed by atoms with Gasteiger partial charge in [-0.25, -0.2) is 4.98 Å². The van der Waals surface area contributed by atoms with E-state index in [0.29, 0.717) is 11.4 Å². The van der Waals surface area contributed by atoms with Crippen LogP contribution in [0.15, 0.2) is 42.6 Å². The third-order valence-corrected chi connectivity index (χ3v) is 4.65. The van der Waals surface area contributed by atoms with Gasteiger partial charge in [-0.05, 0) is 50.5 Å². The first-order valence-electron chi connectivity index (χ1n) is 8.73. The molecule has 1 aliphatic rings. The van der Waals surface area contributed by atoms with Gasteiger partial charge in [-0.1, -0.05) is 17.7 Å². The van der Waals surface area contributed by atoms with Gasteiger partial charge in [0.1, 0.15) is 5.82 Å². The molecule has 0 aliphatic heterocycles. The van der Waals surface area contributed by atoms with Crippen LogP contribution in [0.4, 0.5) is 11.5 Å². The lowest BCUT2D eigenvalue weighted by Crippen LogP contribution is -2.19. The average molecular weight is 353 g/mol. The van der Waals surface area contributed by atoms with Gasteiger partial charge in [-0.15, -0.1) is 0 Å². The molecule has 1 amide bonds. The van der Waals surface area contributed by atoms with Crippen LogP contribution in [-0.2, 0) is 9.53 Å². The van der Waals surface area contributed by atoms with Crippen molar-refractivity contribution >= 4 is 23.4 Å². The molecule has 3 rings (SSSR count). The highest BCUT2D eigenvalue weighted by molar-refractivity contribution is 6.04. The number of rotatable bonds is 5. The molecule has 26 heavy (non-hydrogen) atoms. The number of aryl methyl sites for hydroxylation is 1. The molecule has 2 atom stereocenters. The van der Waals surface area contributed by atoms with Crippen LogP contribution in [0, 0.1) is 12.8 Å². The fraction of sp³-hybridized carbons (Fsp3) is 0.350. The van der Waals surface area contributed by atoms with Crippen molar-refractivity contribution < 1.29 is 14.3 Å². The summed E-state index contributed by atoms with van der Waals surface area (Å²) in [7, 11) is 1.42. The minimum Gasteiger partial charge on any atom is -0.469 e. The van der Waals surface area contributed by atoms with Gasteiger partial charge >= 0.3 is 5.97 Å². The van der Waals surface area contributed by atoms with E-state index in [1.54, 1.807) is 18.3 Å². The standard InChI is InChI=1S/C20H23N3O3/c1-13-3-7-16(8-4-13)23-19(24)15-6-10-18(21-12-15)22-17-9-5-14(11-17)20(25)26-2/h3-4,6-8,10,12,14,17H,5,9,11H2,1-2H3,(H,21,22)(H,23,24)/t14-,17+/m0/s1. The molecule has 0 spiro atoms. The fourth-order valence-corrected chi connectivity index (χ4v) is 3.16. The Balaban J connectivity index is 1.56. The molecule has 0 saturated heterocycles. The molecule has 2 aromatic rings. The van der Waals surface area contributed by atoms with Gasteiger partial charge in [0.15, 0.2) is 0 Å². The Hall–Kier alpha value is -2.89. The quantitative estimate of drug-likeness (QED) is 0.806. The number of hydrogen-bond acceptors (Lipinski definition) is 5. The fourth-order valence-electron chi connectivity index (χ4n) is 3.16. The van der Waals surface area contributed by atoms with E-state index in [0.717, 1.165) is 30.5 Å². The lowest BCUT2D eigenvalue weighted by Gasteiger charge is -2.13. The largest absolute Gasteiger partial charge is 0.469 e. The molecule has 1 aromatic carbocycles. The molecule has 6 nitrogen and oxygen atoms in total. The molecule has 1 saturated carbocycles. The van der Waals surface area contributed by atoms with Crippen LogP contribution in [-0.4, -0.2) is 30.0 Å². The minimum atomic E-state index is -0.195. The number of carbonyl (C=O) groups is 2. The Labute approximate surface area is 153 Å². The first kappa shape index (κ1) is 17.9. The van der Waals surface area contributed by atoms with Crippen LogP contribution in [0.1, 0.15) is 35.2 Å². The van der Waals surface area contributed by atoms with Crippen molar-refractivity contribution in [3.63, 3.8) is 0 Å². The molecule has 1 aromatic heterocycles. The smallest absolute Gasteiger partial charge is 0.308 e. The zero-order valence-electron chi connectivity index (χ0n) is 15.0. The summed E-state index contributed by atoms with van der Waals surface area (Å²) in [5.74, 6) is 0.314. The van der Waals surface area contributed by atoms with E-state index in [-0.39, 0.29) is 23.8 Å². The van der Waals surface area contributed by atoms with Crippen LogP contribution >= 0.6 is 0 Å². The molecule has 0 radical (unpaired) electrons. The van der Waals surface area contributed by atoms with Gasteiger partial charge in [0.2, 0.25) is 0 Å². The summed E-state index contributed by atoms with van der Waals surface area (Å²) in [5.41, 5.74) is 2.39. The predicted octanol–water partition coefficient (Wildman–Crippen LogP) is 3.40. The van der Waals surface area contributed by atoms with Crippen molar-refractivity contribution in [2.75, 3.05) is 17.7 Å². The zero-order chi connectivity index (χ0) is 18.5. The molecule has 6 heteroatoms. The van der Waals surface area contributed by atoms with Crippen molar-refractivity contribution in [3.05, 3.63) is 53.7 Å². The topological polar surface area (TPSA) is 80.3 Å². The van der Waals surface area contributed by atoms with Crippen LogP contribution in [0.3, 0.4) is 0 Å². The van der Waals surface area contributed by atoms with E-state index >= 15 is 0 Å². The average Bonchev–Trinajstić information content (AvgIpc) is 3.12. The molecule has 0 bridgehead atoms. The monoisotopic (exact) mass is 353 g/mol. The Morgan fingerprint density at radius 1 is 1.12 bits per heavy atom. The van der Waals surface area contributed by atoms with E-state index in [1.807, 2.05) is 31.2 Å². The second-order valence-electron chi connectivity index (χ2n) is 6.63. The zero-order valence-corrected chi connectivity index (χ0v) is 15.0. The third kappa shape index (κ3) is 4.39. The first-order valence-corrected chi connectivity index (χ1v) is 8.73. The van der Waals surface area contributed by atoms with Crippen LogP contribution in [0.2, 0.25) is 0 Å². The van der Waals surface area contributed by atoms with Gasteiger partial charge in [-0.2, -0.15) is 0 Å². The summed E-state index contributed by atoms with van der Waals surface area (Å²) >= 11 is 0. The van der Waals surface area contributed by atoms with Gasteiger partial charge in [0.05, 0.1) is 18.6 Å². The summed E-state index contributed by atoms with van der Waals surface area (Å²) < 4.78 is 4.80. The maximum Gasteiger partial charge on any atom is 0.308 e. The molecule has 0 unspecified atom stereocenters. The molecular formula is C20H23N3O3. The highest BCUT2D eigenvalue weighted by atomic mass is 16.5. The van der Waals surface area contributed by atoms with E-state index in [1.165, 1.54) is 7.11 Å². The van der Waals surface area contributed by atoms with Crippen LogP contribution < -0.4 is 10.6 Å². The minimum absolute atomic E-state index is 0.0444. The van der Waals surface area contributed by atoms with Gasteiger partial charge < -0.3 is 15.4 Å². The Morgan fingerprint density at radius 2 is 1.88 bits per heavy atom. The van der Waals surface area contributed by atoms with Crippen molar-refractivity contribution in [2.24, 2.45) is 5.92 Å². The molecule has 2 N–H and O–H groups in total. The molecule has 1 heterocycles. The lowest BCUT2D eigenvalue weighted by atomic mass is 10.1. The second kappa shape index (κ2) is 7.99. The van der Waals surface area contributed by atoms with Crippen molar-refractivity contribution in [1.29, 1.82) is 0 Å². The maximum absolute atomic E-state index is 12.3. The normalized spacial score (nSPS) is 19.0. The molecule has 1 aliphatic carbocycles. The number of hydrogen-bond donors (Lipinski definition) is 2. The van der Waals surface area contributed by atoms with E-state index in [9.17, 15) is 9.59 Å². The van der Waals surface area contributed by atoms with Crippen molar-refractivity contribution in [2.45, 2.75) is 32.2 Å². The number of esters is 1. The van der Waals surface area contributed by atoms with Gasteiger partial charge in [0.25, 0.3) is 5.91 Å². The summed E-state index contributed by atoms with van der Waals surface area (Å²) in [6.07, 6.45) is 4.01. The number of nitrogens with one attached hydrogen (secondary N) is 2. The van der Waals surface area contributed by atoms with Gasteiger partial charge in [0, 0.05) is 17.9 Å². The number of amides is 1. The SMILES string of the molecule is COC(=O)[C@H]1CC[C@@H](Nc2ccc(C(=O)Nc3ccc(C)cc3)cn2)C1. The van der Waals surface area contributed by atoms with E-state index in [4.69, 9.17) is 4.74 Å². The highest BCUT2D eigenvalue weighted by Crippen LogP contribution is 2.28. The number of methoxy groups -OCH3 is 1. The third-order valence-electron chi connectivity index (χ3n) is 4.65. The maximum atomic E-state index is 12.3. The Bertz CT molecular complexity index is 772. The Kier molecular flexibility index (Phi) is 5.51. The summed E-state index contributed by atoms with van der Waals surface area (Å²) in [6.45, 7) is 2.00. The number of anilines is 2.